The van der Waals surface area contributed by atoms with E-state index in [0.717, 1.165) is 5.56 Å². The van der Waals surface area contributed by atoms with E-state index in [1.54, 1.807) is 36.2 Å². The highest BCUT2D eigenvalue weighted by atomic mass is 32.2. The lowest BCUT2D eigenvalue weighted by Gasteiger charge is -2.32. The zero-order chi connectivity index (χ0) is 25.9. The molecule has 3 aromatic rings. The molecular formula is C27H26N4O4S2. The van der Waals surface area contributed by atoms with Gasteiger partial charge in [-0.1, -0.05) is 60.4 Å². The summed E-state index contributed by atoms with van der Waals surface area (Å²) >= 11 is 6.70. The third-order valence-corrected chi connectivity index (χ3v) is 7.87. The lowest BCUT2D eigenvalue weighted by molar-refractivity contribution is -0.148. The minimum Gasteiger partial charge on any atom is -0.466 e. The number of hydrogen-bond acceptors (Lipinski definition) is 8. The Morgan fingerprint density at radius 1 is 1.14 bits per heavy atom. The summed E-state index contributed by atoms with van der Waals surface area (Å²) in [5.41, 5.74) is 1.56. The number of amides is 1. The highest BCUT2D eigenvalue weighted by Gasteiger charge is 2.34. The van der Waals surface area contributed by atoms with Crippen molar-refractivity contribution in [2.45, 2.75) is 26.3 Å². The third kappa shape index (κ3) is 5.17. The second-order valence-corrected chi connectivity index (χ2v) is 10.5. The van der Waals surface area contributed by atoms with E-state index >= 15 is 0 Å². The maximum atomic E-state index is 13.6. The molecule has 37 heavy (non-hydrogen) atoms. The van der Waals surface area contributed by atoms with Crippen molar-refractivity contribution in [3.63, 3.8) is 0 Å². The monoisotopic (exact) mass is 534 g/mol. The van der Waals surface area contributed by atoms with E-state index < -0.39 is 0 Å². The van der Waals surface area contributed by atoms with Crippen LogP contribution in [0.4, 0.5) is 5.82 Å². The molecule has 8 nitrogen and oxygen atoms in total. The molecule has 0 unspecified atom stereocenters. The van der Waals surface area contributed by atoms with E-state index in [-0.39, 0.29) is 23.4 Å². The van der Waals surface area contributed by atoms with Crippen LogP contribution in [0.2, 0.25) is 0 Å². The zero-order valence-electron chi connectivity index (χ0n) is 20.3. The lowest BCUT2D eigenvalue weighted by Crippen LogP contribution is -2.39. The summed E-state index contributed by atoms with van der Waals surface area (Å²) in [6, 6.07) is 15.0. The predicted molar refractivity (Wildman–Crippen MR) is 148 cm³/mol. The number of nitrogens with zero attached hydrogens (tertiary/aromatic N) is 4. The first-order valence-corrected chi connectivity index (χ1v) is 13.4. The van der Waals surface area contributed by atoms with Gasteiger partial charge in [-0.15, -0.1) is 0 Å². The van der Waals surface area contributed by atoms with Gasteiger partial charge in [0.15, 0.2) is 0 Å². The van der Waals surface area contributed by atoms with Gasteiger partial charge in [0.25, 0.3) is 11.5 Å². The summed E-state index contributed by atoms with van der Waals surface area (Å²) in [5, 5.41) is 0. The van der Waals surface area contributed by atoms with Crippen LogP contribution in [0.1, 0.15) is 30.9 Å². The van der Waals surface area contributed by atoms with Gasteiger partial charge in [-0.25, -0.2) is 4.98 Å². The molecule has 0 atom stereocenters. The number of carbonyl (C=O) groups is 2. The fraction of sp³-hybridized carbons (Fsp3) is 0.296. The van der Waals surface area contributed by atoms with Crippen molar-refractivity contribution in [3.05, 3.63) is 81.1 Å². The summed E-state index contributed by atoms with van der Waals surface area (Å²) in [5.74, 6) is -0.0818. The molecule has 10 heteroatoms. The van der Waals surface area contributed by atoms with Crippen LogP contribution in [0.5, 0.6) is 0 Å². The van der Waals surface area contributed by atoms with Gasteiger partial charge in [-0.3, -0.25) is 23.7 Å². The Morgan fingerprint density at radius 3 is 2.59 bits per heavy atom. The average molecular weight is 535 g/mol. The Kier molecular flexibility index (Phi) is 7.38. The van der Waals surface area contributed by atoms with Crippen molar-refractivity contribution < 1.29 is 14.3 Å². The highest BCUT2D eigenvalue weighted by molar-refractivity contribution is 8.26. The number of carbonyl (C=O) groups excluding carboxylic acids is 2. The Bertz CT molecular complexity index is 1450. The van der Waals surface area contributed by atoms with Crippen LogP contribution in [0.15, 0.2) is 64.4 Å². The highest BCUT2D eigenvalue weighted by Crippen LogP contribution is 2.35. The maximum absolute atomic E-state index is 13.6. The molecular weight excluding hydrogens is 508 g/mol. The normalized spacial score (nSPS) is 17.7. The molecule has 190 valence electrons. The average Bonchev–Trinajstić information content (AvgIpc) is 3.18. The number of ether oxygens (including phenoxy) is 1. The van der Waals surface area contributed by atoms with E-state index in [4.69, 9.17) is 21.9 Å². The minimum absolute atomic E-state index is 0.171. The second-order valence-electron chi connectivity index (χ2n) is 8.85. The van der Waals surface area contributed by atoms with E-state index in [0.29, 0.717) is 65.3 Å². The first-order valence-electron chi connectivity index (χ1n) is 12.2. The van der Waals surface area contributed by atoms with Crippen LogP contribution < -0.4 is 10.5 Å². The molecule has 2 saturated heterocycles. The second kappa shape index (κ2) is 10.9. The van der Waals surface area contributed by atoms with E-state index in [1.807, 2.05) is 41.3 Å². The Morgan fingerprint density at radius 2 is 1.86 bits per heavy atom. The van der Waals surface area contributed by atoms with E-state index in [1.165, 1.54) is 16.2 Å². The summed E-state index contributed by atoms with van der Waals surface area (Å²) in [7, 11) is 0. The van der Waals surface area contributed by atoms with Gasteiger partial charge in [-0.2, -0.15) is 0 Å². The molecule has 0 bridgehead atoms. The fourth-order valence-electron chi connectivity index (χ4n) is 4.58. The number of pyridine rings is 1. The number of esters is 1. The van der Waals surface area contributed by atoms with Gasteiger partial charge in [-0.05, 0) is 43.5 Å². The van der Waals surface area contributed by atoms with Gasteiger partial charge in [0.05, 0.1) is 29.5 Å². The molecule has 2 aliphatic heterocycles. The number of benzene rings is 1. The molecule has 0 saturated carbocycles. The number of thioether (sulfide) groups is 1. The molecule has 2 fully saturated rings. The van der Waals surface area contributed by atoms with Crippen LogP contribution in [-0.2, 0) is 20.9 Å². The van der Waals surface area contributed by atoms with Gasteiger partial charge >= 0.3 is 5.97 Å². The number of hydrogen-bond donors (Lipinski definition) is 0. The largest absolute Gasteiger partial charge is 0.466 e. The molecule has 1 aromatic carbocycles. The van der Waals surface area contributed by atoms with E-state index in [2.05, 4.69) is 0 Å². The number of rotatable bonds is 6. The SMILES string of the molecule is CCOC(=O)C1CCN(c2nc3ccccn3c(=O)c2C=C2SC(=S)N(Cc3ccccc3)C2=O)CC1. The molecule has 0 spiro atoms. The summed E-state index contributed by atoms with van der Waals surface area (Å²) in [6.45, 7) is 3.62. The zero-order valence-corrected chi connectivity index (χ0v) is 22.0. The Hall–Kier alpha value is -3.50. The molecule has 0 radical (unpaired) electrons. The van der Waals surface area contributed by atoms with Crippen LogP contribution in [0, 0.1) is 5.92 Å². The molecule has 1 amide bonds. The number of piperidine rings is 1. The van der Waals surface area contributed by atoms with Crippen molar-refractivity contribution in [1.82, 2.24) is 14.3 Å². The molecule has 5 rings (SSSR count). The Labute approximate surface area is 223 Å². The molecule has 0 N–H and O–H groups in total. The summed E-state index contributed by atoms with van der Waals surface area (Å²) in [4.78, 5) is 47.9. The van der Waals surface area contributed by atoms with Crippen molar-refractivity contribution >= 4 is 57.7 Å². The van der Waals surface area contributed by atoms with Gasteiger partial charge in [0.1, 0.15) is 15.8 Å². The first kappa shape index (κ1) is 25.2. The van der Waals surface area contributed by atoms with Crippen LogP contribution >= 0.6 is 24.0 Å². The smallest absolute Gasteiger partial charge is 0.309 e. The van der Waals surface area contributed by atoms with Gasteiger partial charge < -0.3 is 9.64 Å². The fourth-order valence-corrected chi connectivity index (χ4v) is 5.82. The molecule has 2 aromatic heterocycles. The maximum Gasteiger partial charge on any atom is 0.309 e. The van der Waals surface area contributed by atoms with Crippen molar-refractivity contribution in [3.8, 4) is 0 Å². The van der Waals surface area contributed by atoms with E-state index in [9.17, 15) is 14.4 Å². The number of aromatic nitrogens is 2. The van der Waals surface area contributed by atoms with Crippen molar-refractivity contribution in [1.29, 1.82) is 0 Å². The van der Waals surface area contributed by atoms with Crippen LogP contribution in [0.25, 0.3) is 11.7 Å². The van der Waals surface area contributed by atoms with Gasteiger partial charge in [0, 0.05) is 19.3 Å². The lowest BCUT2D eigenvalue weighted by atomic mass is 9.96. The standard InChI is InChI=1S/C27H26N4O4S2/c1-2-35-26(34)19-11-14-29(15-12-19)23-20(24(32)30-13-7-6-10-22(30)28-23)16-21-25(33)31(27(36)37-21)17-18-8-4-3-5-9-18/h3-10,13,16,19H,2,11-12,14-15,17H2,1H3. The Balaban J connectivity index is 1.49. The molecule has 2 aliphatic rings. The quantitative estimate of drug-likeness (QED) is 0.268. The van der Waals surface area contributed by atoms with Crippen molar-refractivity contribution in [2.75, 3.05) is 24.6 Å². The number of anilines is 1. The topological polar surface area (TPSA) is 84.2 Å². The number of thiocarbonyl (C=S) groups is 1. The summed E-state index contributed by atoms with van der Waals surface area (Å²) < 4.78 is 7.12. The third-order valence-electron chi connectivity index (χ3n) is 6.50. The summed E-state index contributed by atoms with van der Waals surface area (Å²) in [6.07, 6.45) is 4.49. The minimum atomic E-state index is -0.263. The molecule has 4 heterocycles. The van der Waals surface area contributed by atoms with Gasteiger partial charge in [0.2, 0.25) is 0 Å². The van der Waals surface area contributed by atoms with Crippen LogP contribution in [-0.4, -0.2) is 50.2 Å². The van der Waals surface area contributed by atoms with Crippen molar-refractivity contribution in [2.24, 2.45) is 5.92 Å². The number of fused-ring (bicyclic) bond motifs is 1. The first-order chi connectivity index (χ1) is 18.0. The predicted octanol–water partition coefficient (Wildman–Crippen LogP) is 3.88. The molecule has 0 aliphatic carbocycles. The van der Waals surface area contributed by atoms with Crippen LogP contribution in [0.3, 0.4) is 0 Å².